The molecule has 9 heteroatoms. The number of ether oxygens (including phenoxy) is 1. The molecule has 0 spiro atoms. The molecule has 19 heavy (non-hydrogen) atoms. The van der Waals surface area contributed by atoms with E-state index in [0.717, 1.165) is 6.26 Å². The van der Waals surface area contributed by atoms with Crippen LogP contribution in [-0.2, 0) is 10.0 Å². The van der Waals surface area contributed by atoms with Crippen molar-refractivity contribution in [2.45, 2.75) is 0 Å². The second kappa shape index (κ2) is 6.34. The van der Waals surface area contributed by atoms with Crippen LogP contribution in [0.25, 0.3) is 0 Å². The molecule has 0 atom stereocenters. The van der Waals surface area contributed by atoms with Crippen LogP contribution >= 0.6 is 0 Å². The van der Waals surface area contributed by atoms with Gasteiger partial charge in [0.25, 0.3) is 0 Å². The van der Waals surface area contributed by atoms with Gasteiger partial charge < -0.3 is 10.1 Å². The average molecular weight is 289 g/mol. The fourth-order valence-electron chi connectivity index (χ4n) is 1.45. The Kier molecular flexibility index (Phi) is 5.07. The topological polar surface area (TPSA) is 111 Å². The zero-order chi connectivity index (χ0) is 14.5. The summed E-state index contributed by atoms with van der Waals surface area (Å²) in [5.74, 6) is 0.145. The predicted octanol–water partition coefficient (Wildman–Crippen LogP) is 0.565. The average Bonchev–Trinajstić information content (AvgIpc) is 2.32. The molecule has 0 radical (unpaired) electrons. The second-order valence-corrected chi connectivity index (χ2v) is 5.54. The van der Waals surface area contributed by atoms with E-state index in [9.17, 15) is 18.5 Å². The van der Waals surface area contributed by atoms with Crippen LogP contribution in [-0.4, -0.2) is 39.8 Å². The van der Waals surface area contributed by atoms with Crippen LogP contribution in [0.5, 0.6) is 5.75 Å². The van der Waals surface area contributed by atoms with E-state index in [0.29, 0.717) is 0 Å². The van der Waals surface area contributed by atoms with E-state index < -0.39 is 14.9 Å². The first-order chi connectivity index (χ1) is 8.85. The van der Waals surface area contributed by atoms with E-state index in [2.05, 4.69) is 10.0 Å². The van der Waals surface area contributed by atoms with Gasteiger partial charge in [0.2, 0.25) is 10.0 Å². The lowest BCUT2D eigenvalue weighted by Crippen LogP contribution is -2.27. The van der Waals surface area contributed by atoms with Gasteiger partial charge in [-0.2, -0.15) is 0 Å². The summed E-state index contributed by atoms with van der Waals surface area (Å²) < 4.78 is 28.9. The van der Waals surface area contributed by atoms with Crippen molar-refractivity contribution in [2.75, 3.05) is 31.8 Å². The predicted molar refractivity (Wildman–Crippen MR) is 71.0 cm³/mol. The first-order valence-electron chi connectivity index (χ1n) is 5.35. The SMILES string of the molecule is COc1cccc(NCCNS(C)(=O)=O)c1[N+](=O)[O-]. The normalized spacial score (nSPS) is 11.1. The van der Waals surface area contributed by atoms with Crippen molar-refractivity contribution in [1.29, 1.82) is 0 Å². The number of rotatable bonds is 7. The maximum Gasteiger partial charge on any atom is 0.333 e. The van der Waals surface area contributed by atoms with Gasteiger partial charge in [0, 0.05) is 13.1 Å². The van der Waals surface area contributed by atoms with E-state index in [1.165, 1.54) is 19.2 Å². The Balaban J connectivity index is 2.76. The lowest BCUT2D eigenvalue weighted by molar-refractivity contribution is -0.384. The number of nitro benzene ring substituents is 1. The minimum Gasteiger partial charge on any atom is -0.490 e. The van der Waals surface area contributed by atoms with Gasteiger partial charge in [-0.25, -0.2) is 13.1 Å². The number of nitrogens with zero attached hydrogens (tertiary/aromatic N) is 1. The molecule has 0 bridgehead atoms. The Bertz CT molecular complexity index is 558. The van der Waals surface area contributed by atoms with Crippen molar-refractivity contribution in [1.82, 2.24) is 4.72 Å². The molecule has 0 heterocycles. The summed E-state index contributed by atoms with van der Waals surface area (Å²) in [5.41, 5.74) is 0.101. The highest BCUT2D eigenvalue weighted by molar-refractivity contribution is 7.88. The molecular weight excluding hydrogens is 274 g/mol. The fourth-order valence-corrected chi connectivity index (χ4v) is 1.92. The van der Waals surface area contributed by atoms with Crippen LogP contribution in [0.2, 0.25) is 0 Å². The first-order valence-corrected chi connectivity index (χ1v) is 7.24. The van der Waals surface area contributed by atoms with Crippen molar-refractivity contribution >= 4 is 21.4 Å². The molecule has 0 unspecified atom stereocenters. The molecule has 0 aliphatic rings. The Hall–Kier alpha value is -1.87. The number of anilines is 1. The monoisotopic (exact) mass is 289 g/mol. The van der Waals surface area contributed by atoms with Gasteiger partial charge in [-0.15, -0.1) is 0 Å². The summed E-state index contributed by atoms with van der Waals surface area (Å²) in [6.45, 7) is 0.355. The van der Waals surface area contributed by atoms with Gasteiger partial charge in [-0.1, -0.05) is 6.07 Å². The molecule has 0 fully saturated rings. The number of hydrogen-bond acceptors (Lipinski definition) is 6. The molecule has 0 aliphatic carbocycles. The van der Waals surface area contributed by atoms with Crippen LogP contribution in [0.4, 0.5) is 11.4 Å². The molecule has 1 aromatic carbocycles. The summed E-state index contributed by atoms with van der Waals surface area (Å²) in [5, 5.41) is 13.8. The highest BCUT2D eigenvalue weighted by Crippen LogP contribution is 2.34. The number of sulfonamides is 1. The number of nitro groups is 1. The van der Waals surface area contributed by atoms with Gasteiger partial charge in [0.1, 0.15) is 5.69 Å². The lowest BCUT2D eigenvalue weighted by Gasteiger charge is -2.09. The minimum absolute atomic E-state index is 0.132. The van der Waals surface area contributed by atoms with Gasteiger partial charge >= 0.3 is 5.69 Å². The molecule has 0 aliphatic heterocycles. The van der Waals surface area contributed by atoms with Gasteiger partial charge in [-0.3, -0.25) is 10.1 Å². The Labute approximate surface area is 111 Å². The standard InChI is InChI=1S/C10H15N3O5S/c1-18-9-5-3-4-8(10(9)13(14)15)11-6-7-12-19(2,16)17/h3-5,11-12H,6-7H2,1-2H3. The van der Waals surface area contributed by atoms with Crippen molar-refractivity contribution in [3.8, 4) is 5.75 Å². The highest BCUT2D eigenvalue weighted by Gasteiger charge is 2.19. The van der Waals surface area contributed by atoms with Gasteiger partial charge in [0.05, 0.1) is 18.3 Å². The third kappa shape index (κ3) is 4.72. The van der Waals surface area contributed by atoms with Crippen LogP contribution in [0, 0.1) is 10.1 Å². The van der Waals surface area contributed by atoms with Gasteiger partial charge in [-0.05, 0) is 12.1 Å². The largest absolute Gasteiger partial charge is 0.490 e. The Morgan fingerprint density at radius 2 is 2.05 bits per heavy atom. The first kappa shape index (κ1) is 15.2. The zero-order valence-electron chi connectivity index (χ0n) is 10.5. The number of hydrogen-bond donors (Lipinski definition) is 2. The van der Waals surface area contributed by atoms with E-state index in [4.69, 9.17) is 4.74 Å². The zero-order valence-corrected chi connectivity index (χ0v) is 11.4. The van der Waals surface area contributed by atoms with Crippen molar-refractivity contribution in [2.24, 2.45) is 0 Å². The lowest BCUT2D eigenvalue weighted by atomic mass is 10.2. The number of nitrogens with one attached hydrogen (secondary N) is 2. The summed E-state index contributed by atoms with van der Waals surface area (Å²) in [6, 6.07) is 4.62. The van der Waals surface area contributed by atoms with Crippen molar-refractivity contribution in [3.05, 3.63) is 28.3 Å². The fraction of sp³-hybridized carbons (Fsp3) is 0.400. The maximum atomic E-state index is 11.0. The van der Waals surface area contributed by atoms with Crippen molar-refractivity contribution in [3.63, 3.8) is 0 Å². The summed E-state index contributed by atoms with van der Waals surface area (Å²) in [6.07, 6.45) is 1.04. The molecule has 0 amide bonds. The van der Waals surface area contributed by atoms with E-state index in [1.54, 1.807) is 6.07 Å². The minimum atomic E-state index is -3.27. The smallest absolute Gasteiger partial charge is 0.333 e. The number of methoxy groups -OCH3 is 1. The van der Waals surface area contributed by atoms with Crippen LogP contribution in [0.1, 0.15) is 0 Å². The molecule has 2 N–H and O–H groups in total. The van der Waals surface area contributed by atoms with Crippen LogP contribution < -0.4 is 14.8 Å². The molecule has 0 aromatic heterocycles. The van der Waals surface area contributed by atoms with Crippen molar-refractivity contribution < 1.29 is 18.1 Å². The highest BCUT2D eigenvalue weighted by atomic mass is 32.2. The molecule has 0 saturated carbocycles. The quantitative estimate of drug-likeness (QED) is 0.431. The molecule has 0 saturated heterocycles. The second-order valence-electron chi connectivity index (χ2n) is 3.71. The van der Waals surface area contributed by atoms with Gasteiger partial charge in [0.15, 0.2) is 5.75 Å². The van der Waals surface area contributed by atoms with Crippen LogP contribution in [0.15, 0.2) is 18.2 Å². The van der Waals surface area contributed by atoms with E-state index >= 15 is 0 Å². The summed E-state index contributed by atoms with van der Waals surface area (Å²) >= 11 is 0. The molecular formula is C10H15N3O5S. The van der Waals surface area contributed by atoms with Crippen LogP contribution in [0.3, 0.4) is 0 Å². The Morgan fingerprint density at radius 3 is 2.58 bits per heavy atom. The number of para-hydroxylation sites is 1. The third-order valence-electron chi connectivity index (χ3n) is 2.21. The van der Waals surface area contributed by atoms with E-state index in [-0.39, 0.29) is 30.2 Å². The maximum absolute atomic E-state index is 11.0. The summed E-state index contributed by atoms with van der Waals surface area (Å²) in [4.78, 5) is 10.4. The summed E-state index contributed by atoms with van der Waals surface area (Å²) in [7, 11) is -1.92. The Morgan fingerprint density at radius 1 is 1.37 bits per heavy atom. The third-order valence-corrected chi connectivity index (χ3v) is 2.93. The number of benzene rings is 1. The molecule has 106 valence electrons. The molecule has 8 nitrogen and oxygen atoms in total. The van der Waals surface area contributed by atoms with E-state index in [1.807, 2.05) is 0 Å². The molecule has 1 aromatic rings. The molecule has 1 rings (SSSR count).